The Balaban J connectivity index is 1.76. The molecule has 180 valence electrons. The van der Waals surface area contributed by atoms with Crippen molar-refractivity contribution in [1.82, 2.24) is 14.9 Å². The average molecular weight is 466 g/mol. The lowest BCUT2D eigenvalue weighted by Crippen LogP contribution is -2.30. The summed E-state index contributed by atoms with van der Waals surface area (Å²) in [6.45, 7) is 9.31. The van der Waals surface area contributed by atoms with Crippen LogP contribution in [0.15, 0.2) is 84.7 Å². The summed E-state index contributed by atoms with van der Waals surface area (Å²) in [6.07, 6.45) is 9.39. The lowest BCUT2D eigenvalue weighted by Gasteiger charge is -2.32. The predicted octanol–water partition coefficient (Wildman–Crippen LogP) is 6.07. The van der Waals surface area contributed by atoms with Crippen LogP contribution in [0.1, 0.15) is 48.2 Å². The molecule has 0 saturated heterocycles. The first-order valence-corrected chi connectivity index (χ1v) is 12.2. The molecule has 2 heterocycles. The third-order valence-electron chi connectivity index (χ3n) is 6.52. The van der Waals surface area contributed by atoms with Crippen molar-refractivity contribution in [2.75, 3.05) is 11.9 Å². The van der Waals surface area contributed by atoms with Gasteiger partial charge in [-0.15, -0.1) is 0 Å². The molecular formula is C30H35N5. The van der Waals surface area contributed by atoms with Gasteiger partial charge < -0.3 is 15.5 Å². The molecule has 0 saturated carbocycles. The van der Waals surface area contributed by atoms with Crippen molar-refractivity contribution < 1.29 is 0 Å². The molecule has 1 aromatic heterocycles. The van der Waals surface area contributed by atoms with E-state index in [9.17, 15) is 0 Å². The third kappa shape index (κ3) is 5.46. The molecule has 1 aliphatic rings. The van der Waals surface area contributed by atoms with Crippen LogP contribution in [0.2, 0.25) is 0 Å². The number of allylic oxidation sites excluding steroid dienone is 2. The molecule has 0 spiro atoms. The Morgan fingerprint density at radius 1 is 1.06 bits per heavy atom. The van der Waals surface area contributed by atoms with Crippen molar-refractivity contribution in [3.8, 4) is 0 Å². The highest BCUT2D eigenvalue weighted by Crippen LogP contribution is 2.31. The monoisotopic (exact) mass is 465 g/mol. The third-order valence-corrected chi connectivity index (χ3v) is 6.52. The van der Waals surface area contributed by atoms with Crippen LogP contribution in [0, 0.1) is 13.8 Å². The summed E-state index contributed by atoms with van der Waals surface area (Å²) >= 11 is 0. The number of hydrogen-bond donors (Lipinski definition) is 1. The summed E-state index contributed by atoms with van der Waals surface area (Å²) < 4.78 is 0. The van der Waals surface area contributed by atoms with E-state index in [0.29, 0.717) is 11.6 Å². The number of nitrogens with two attached hydrogens (primary N) is 1. The van der Waals surface area contributed by atoms with E-state index in [0.717, 1.165) is 29.9 Å². The van der Waals surface area contributed by atoms with Crippen LogP contribution in [-0.2, 0) is 6.54 Å². The standard InChI is InChI=1S/C30H35N5/c1-6-24-16-18-35(23(4)19-24)29(28(31)25-13-11-21(2)12-14-25)27-15-17-32-30(33-27)34(5)20-26-10-8-7-9-22(26)3/h7-19,23H,6,20,31H2,1-5H3/b29-28-. The van der Waals surface area contributed by atoms with Gasteiger partial charge in [0.2, 0.25) is 5.95 Å². The van der Waals surface area contributed by atoms with E-state index < -0.39 is 0 Å². The lowest BCUT2D eigenvalue weighted by atomic mass is 10.0. The van der Waals surface area contributed by atoms with Gasteiger partial charge in [-0.2, -0.15) is 0 Å². The van der Waals surface area contributed by atoms with Crippen LogP contribution >= 0.6 is 0 Å². The fourth-order valence-electron chi connectivity index (χ4n) is 4.33. The predicted molar refractivity (Wildman–Crippen MR) is 146 cm³/mol. The zero-order valence-corrected chi connectivity index (χ0v) is 21.4. The maximum atomic E-state index is 6.86. The number of aryl methyl sites for hydroxylation is 2. The highest BCUT2D eigenvalue weighted by atomic mass is 15.2. The summed E-state index contributed by atoms with van der Waals surface area (Å²) in [7, 11) is 2.03. The van der Waals surface area contributed by atoms with Gasteiger partial charge in [0.15, 0.2) is 0 Å². The summed E-state index contributed by atoms with van der Waals surface area (Å²) in [5.74, 6) is 0.665. The van der Waals surface area contributed by atoms with Crippen LogP contribution in [0.5, 0.6) is 0 Å². The van der Waals surface area contributed by atoms with E-state index in [1.54, 1.807) is 0 Å². The molecule has 1 atom stereocenters. The highest BCUT2D eigenvalue weighted by Gasteiger charge is 2.23. The molecule has 0 fully saturated rings. The summed E-state index contributed by atoms with van der Waals surface area (Å²) in [4.78, 5) is 13.9. The smallest absolute Gasteiger partial charge is 0.225 e. The topological polar surface area (TPSA) is 58.3 Å². The van der Waals surface area contributed by atoms with Crippen LogP contribution in [0.4, 0.5) is 5.95 Å². The van der Waals surface area contributed by atoms with Crippen molar-refractivity contribution in [3.63, 3.8) is 0 Å². The fraction of sp³-hybridized carbons (Fsp3) is 0.267. The second kappa shape index (κ2) is 10.6. The Morgan fingerprint density at radius 3 is 2.49 bits per heavy atom. The minimum Gasteiger partial charge on any atom is -0.396 e. The quantitative estimate of drug-likeness (QED) is 0.459. The Bertz CT molecular complexity index is 1270. The van der Waals surface area contributed by atoms with Crippen molar-refractivity contribution in [2.24, 2.45) is 5.73 Å². The summed E-state index contributed by atoms with van der Waals surface area (Å²) in [5, 5.41) is 0. The first-order chi connectivity index (χ1) is 16.9. The molecule has 0 aliphatic carbocycles. The number of benzene rings is 2. The minimum absolute atomic E-state index is 0.150. The maximum Gasteiger partial charge on any atom is 0.225 e. The zero-order valence-electron chi connectivity index (χ0n) is 21.4. The first-order valence-electron chi connectivity index (χ1n) is 12.2. The second-order valence-corrected chi connectivity index (χ2v) is 9.21. The summed E-state index contributed by atoms with van der Waals surface area (Å²) in [6, 6.07) is 18.8. The van der Waals surface area contributed by atoms with E-state index in [1.165, 1.54) is 22.3 Å². The van der Waals surface area contributed by atoms with Gasteiger partial charge in [0.05, 0.1) is 17.1 Å². The highest BCUT2D eigenvalue weighted by molar-refractivity contribution is 5.88. The van der Waals surface area contributed by atoms with Gasteiger partial charge in [-0.05, 0) is 61.6 Å². The normalized spacial score (nSPS) is 16.1. The molecule has 1 aliphatic heterocycles. The lowest BCUT2D eigenvalue weighted by molar-refractivity contribution is 0.464. The van der Waals surface area contributed by atoms with Crippen molar-refractivity contribution in [1.29, 1.82) is 0 Å². The van der Waals surface area contributed by atoms with E-state index >= 15 is 0 Å². The van der Waals surface area contributed by atoms with E-state index in [4.69, 9.17) is 10.7 Å². The molecule has 35 heavy (non-hydrogen) atoms. The Morgan fingerprint density at radius 2 is 1.80 bits per heavy atom. The largest absolute Gasteiger partial charge is 0.396 e. The maximum absolute atomic E-state index is 6.86. The molecule has 0 bridgehead atoms. The van der Waals surface area contributed by atoms with Crippen LogP contribution in [0.25, 0.3) is 11.4 Å². The number of aromatic nitrogens is 2. The molecule has 1 unspecified atom stereocenters. The molecular weight excluding hydrogens is 430 g/mol. The van der Waals surface area contributed by atoms with Crippen molar-refractivity contribution >= 4 is 17.3 Å². The Labute approximate surface area is 209 Å². The van der Waals surface area contributed by atoms with Gasteiger partial charge >= 0.3 is 0 Å². The number of rotatable bonds is 7. The zero-order chi connectivity index (χ0) is 24.9. The van der Waals surface area contributed by atoms with Gasteiger partial charge in [-0.3, -0.25) is 0 Å². The number of hydrogen-bond acceptors (Lipinski definition) is 5. The Kier molecular flexibility index (Phi) is 7.35. The average Bonchev–Trinajstić information content (AvgIpc) is 2.87. The first kappa shape index (κ1) is 24.3. The molecule has 2 aromatic carbocycles. The molecule has 4 rings (SSSR count). The molecule has 0 radical (unpaired) electrons. The van der Waals surface area contributed by atoms with Crippen LogP contribution in [-0.4, -0.2) is 28.0 Å². The second-order valence-electron chi connectivity index (χ2n) is 9.21. The van der Waals surface area contributed by atoms with E-state index in [2.05, 4.69) is 109 Å². The van der Waals surface area contributed by atoms with Crippen LogP contribution in [0.3, 0.4) is 0 Å². The number of anilines is 1. The minimum atomic E-state index is 0.150. The molecule has 5 heteroatoms. The number of nitrogens with zero attached hydrogens (tertiary/aromatic N) is 4. The van der Waals surface area contributed by atoms with Gasteiger partial charge in [0.25, 0.3) is 0 Å². The Hall–Kier alpha value is -3.86. The van der Waals surface area contributed by atoms with Gasteiger partial charge in [0, 0.05) is 32.0 Å². The van der Waals surface area contributed by atoms with Crippen LogP contribution < -0.4 is 10.6 Å². The molecule has 5 nitrogen and oxygen atoms in total. The van der Waals surface area contributed by atoms with E-state index in [-0.39, 0.29) is 6.04 Å². The van der Waals surface area contributed by atoms with Gasteiger partial charge in [-0.1, -0.05) is 67.1 Å². The summed E-state index contributed by atoms with van der Waals surface area (Å²) in [5.41, 5.74) is 15.3. The van der Waals surface area contributed by atoms with Crippen molar-refractivity contribution in [3.05, 3.63) is 113 Å². The van der Waals surface area contributed by atoms with Gasteiger partial charge in [-0.25, -0.2) is 9.97 Å². The van der Waals surface area contributed by atoms with Gasteiger partial charge in [0.1, 0.15) is 0 Å². The fourth-order valence-corrected chi connectivity index (χ4v) is 4.33. The molecule has 0 amide bonds. The van der Waals surface area contributed by atoms with Crippen molar-refractivity contribution in [2.45, 2.75) is 46.7 Å². The SMILES string of the molecule is CCC1=CC(C)N(/C(=C(\N)c2ccc(C)cc2)c2ccnc(N(C)Cc3ccccc3C)n2)C=C1. The molecule has 3 aromatic rings. The van der Waals surface area contributed by atoms with E-state index in [1.807, 2.05) is 19.3 Å². The molecule has 2 N–H and O–H groups in total.